The number of halogens is 1. The van der Waals surface area contributed by atoms with E-state index in [1.54, 1.807) is 6.92 Å². The molecule has 0 aliphatic carbocycles. The minimum atomic E-state index is -0.558. The molecule has 0 unspecified atom stereocenters. The minimum Gasteiger partial charge on any atom is -0.491 e. The largest absolute Gasteiger partial charge is 0.491 e. The lowest BCUT2D eigenvalue weighted by molar-refractivity contribution is -0.118. The van der Waals surface area contributed by atoms with E-state index in [1.807, 2.05) is 0 Å². The Bertz CT molecular complexity index is 732. The van der Waals surface area contributed by atoms with Gasteiger partial charge in [0.1, 0.15) is 5.75 Å². The number of carbonyl (C=O) groups is 2. The summed E-state index contributed by atoms with van der Waals surface area (Å²) >= 11 is 0. The summed E-state index contributed by atoms with van der Waals surface area (Å²) < 4.78 is 24.1. The fourth-order valence-corrected chi connectivity index (χ4v) is 1.91. The second kappa shape index (κ2) is 7.96. The molecule has 3 N–H and O–H groups in total. The van der Waals surface area contributed by atoms with Gasteiger partial charge in [-0.25, -0.2) is 4.39 Å². The van der Waals surface area contributed by atoms with E-state index in [1.165, 1.54) is 42.5 Å². The van der Waals surface area contributed by atoms with Crippen LogP contribution in [0, 0.1) is 5.82 Å². The summed E-state index contributed by atoms with van der Waals surface area (Å²) in [5.74, 6) is -1.01. The highest BCUT2D eigenvalue weighted by molar-refractivity contribution is 5.93. The number of anilines is 1. The van der Waals surface area contributed by atoms with Crippen LogP contribution in [0.25, 0.3) is 0 Å². The van der Waals surface area contributed by atoms with Crippen LogP contribution in [0.2, 0.25) is 0 Å². The molecule has 0 spiro atoms. The van der Waals surface area contributed by atoms with Gasteiger partial charge in [0.25, 0.3) is 5.91 Å². The van der Waals surface area contributed by atoms with Crippen LogP contribution >= 0.6 is 0 Å². The van der Waals surface area contributed by atoms with Crippen molar-refractivity contribution in [2.45, 2.75) is 6.92 Å². The van der Waals surface area contributed by atoms with Crippen molar-refractivity contribution in [2.75, 3.05) is 18.5 Å². The van der Waals surface area contributed by atoms with Gasteiger partial charge in [-0.3, -0.25) is 9.59 Å². The number of nitrogens with two attached hydrogens (primary N) is 1. The van der Waals surface area contributed by atoms with E-state index in [9.17, 15) is 14.0 Å². The molecular formula is C17H17FN2O4. The topological polar surface area (TPSA) is 90.7 Å². The second-order valence-electron chi connectivity index (χ2n) is 4.80. The third-order valence-corrected chi connectivity index (χ3v) is 3.02. The Hall–Kier alpha value is -3.09. The monoisotopic (exact) mass is 332 g/mol. The molecule has 0 fully saturated rings. The molecule has 0 aliphatic heterocycles. The Morgan fingerprint density at radius 1 is 1.12 bits per heavy atom. The number of rotatable bonds is 7. The van der Waals surface area contributed by atoms with Gasteiger partial charge in [-0.15, -0.1) is 0 Å². The molecule has 2 aromatic carbocycles. The highest BCUT2D eigenvalue weighted by atomic mass is 19.1. The maximum Gasteiger partial charge on any atom is 0.262 e. The Labute approximate surface area is 138 Å². The van der Waals surface area contributed by atoms with Gasteiger partial charge in [0.15, 0.2) is 18.2 Å². The van der Waals surface area contributed by atoms with Crippen LogP contribution < -0.4 is 20.5 Å². The van der Waals surface area contributed by atoms with Gasteiger partial charge in [0.05, 0.1) is 6.61 Å². The molecule has 0 heterocycles. The van der Waals surface area contributed by atoms with Gasteiger partial charge >= 0.3 is 0 Å². The first-order valence-corrected chi connectivity index (χ1v) is 7.24. The summed E-state index contributed by atoms with van der Waals surface area (Å²) in [7, 11) is 0. The van der Waals surface area contributed by atoms with E-state index in [0.717, 1.165) is 0 Å². The van der Waals surface area contributed by atoms with Gasteiger partial charge in [-0.1, -0.05) is 0 Å². The van der Waals surface area contributed by atoms with Crippen LogP contribution in [-0.2, 0) is 4.79 Å². The zero-order valence-corrected chi connectivity index (χ0v) is 13.0. The standard InChI is InChI=1S/C17H17FN2O4/c1-2-23-15-8-5-12(9-14(15)18)20-16(21)10-24-13-6-3-11(4-7-13)17(19)22/h3-9H,2,10H2,1H3,(H2,19,22)(H,20,21). The van der Waals surface area contributed by atoms with Crippen molar-refractivity contribution in [3.8, 4) is 11.5 Å². The zero-order chi connectivity index (χ0) is 17.5. The molecule has 0 radical (unpaired) electrons. The minimum absolute atomic E-state index is 0.126. The van der Waals surface area contributed by atoms with Crippen molar-refractivity contribution in [3.05, 3.63) is 53.8 Å². The SMILES string of the molecule is CCOc1ccc(NC(=O)COc2ccc(C(N)=O)cc2)cc1F. The molecule has 2 amide bonds. The smallest absolute Gasteiger partial charge is 0.262 e. The molecule has 0 saturated heterocycles. The summed E-state index contributed by atoms with van der Waals surface area (Å²) in [5.41, 5.74) is 5.77. The van der Waals surface area contributed by atoms with E-state index in [-0.39, 0.29) is 12.4 Å². The maximum atomic E-state index is 13.7. The van der Waals surface area contributed by atoms with Gasteiger partial charge in [0, 0.05) is 17.3 Å². The van der Waals surface area contributed by atoms with Crippen LogP contribution in [0.5, 0.6) is 11.5 Å². The molecule has 7 heteroatoms. The van der Waals surface area contributed by atoms with Crippen LogP contribution in [0.15, 0.2) is 42.5 Å². The predicted octanol–water partition coefficient (Wildman–Crippen LogP) is 2.34. The first-order valence-electron chi connectivity index (χ1n) is 7.24. The van der Waals surface area contributed by atoms with Gasteiger partial charge in [-0.2, -0.15) is 0 Å². The van der Waals surface area contributed by atoms with Crippen LogP contribution in [0.1, 0.15) is 17.3 Å². The number of hydrogen-bond acceptors (Lipinski definition) is 4. The number of carbonyl (C=O) groups excluding carboxylic acids is 2. The van der Waals surface area contributed by atoms with Crippen molar-refractivity contribution < 1.29 is 23.5 Å². The summed E-state index contributed by atoms with van der Waals surface area (Å²) in [6.07, 6.45) is 0. The third kappa shape index (κ3) is 4.70. The van der Waals surface area contributed by atoms with Crippen LogP contribution in [0.4, 0.5) is 10.1 Å². The van der Waals surface area contributed by atoms with Gasteiger partial charge in [0.2, 0.25) is 5.91 Å². The second-order valence-corrected chi connectivity index (χ2v) is 4.80. The number of benzene rings is 2. The summed E-state index contributed by atoms with van der Waals surface area (Å²) in [6.45, 7) is 1.85. The number of ether oxygens (including phenoxy) is 2. The van der Waals surface area contributed by atoms with Crippen molar-refractivity contribution in [3.63, 3.8) is 0 Å². The summed E-state index contributed by atoms with van der Waals surface area (Å²) in [4.78, 5) is 22.8. The Kier molecular flexibility index (Phi) is 5.73. The normalized spacial score (nSPS) is 10.1. The molecule has 0 bridgehead atoms. The van der Waals surface area contributed by atoms with E-state index in [4.69, 9.17) is 15.2 Å². The van der Waals surface area contributed by atoms with Crippen molar-refractivity contribution in [1.82, 2.24) is 0 Å². The first-order chi connectivity index (χ1) is 11.5. The fraction of sp³-hybridized carbons (Fsp3) is 0.176. The predicted molar refractivity (Wildman–Crippen MR) is 86.7 cm³/mol. The fourth-order valence-electron chi connectivity index (χ4n) is 1.91. The molecule has 0 atom stereocenters. The Morgan fingerprint density at radius 3 is 2.42 bits per heavy atom. The lowest BCUT2D eigenvalue weighted by Gasteiger charge is -2.09. The molecule has 0 aliphatic rings. The zero-order valence-electron chi connectivity index (χ0n) is 13.0. The number of amides is 2. The Balaban J connectivity index is 1.89. The van der Waals surface area contributed by atoms with Crippen molar-refractivity contribution in [1.29, 1.82) is 0 Å². The molecular weight excluding hydrogens is 315 g/mol. The summed E-state index contributed by atoms with van der Waals surface area (Å²) in [6, 6.07) is 10.2. The highest BCUT2D eigenvalue weighted by Crippen LogP contribution is 2.21. The molecule has 6 nitrogen and oxygen atoms in total. The quantitative estimate of drug-likeness (QED) is 0.814. The average Bonchev–Trinajstić information content (AvgIpc) is 2.56. The van der Waals surface area contributed by atoms with Gasteiger partial charge < -0.3 is 20.5 Å². The maximum absolute atomic E-state index is 13.7. The van der Waals surface area contributed by atoms with Crippen LogP contribution in [0.3, 0.4) is 0 Å². The van der Waals surface area contributed by atoms with E-state index in [0.29, 0.717) is 23.6 Å². The van der Waals surface area contributed by atoms with E-state index < -0.39 is 17.6 Å². The molecule has 0 saturated carbocycles. The average molecular weight is 332 g/mol. The van der Waals surface area contributed by atoms with Crippen molar-refractivity contribution >= 4 is 17.5 Å². The molecule has 2 rings (SSSR count). The lowest BCUT2D eigenvalue weighted by Crippen LogP contribution is -2.20. The van der Waals surface area contributed by atoms with Crippen LogP contribution in [-0.4, -0.2) is 25.0 Å². The molecule has 2 aromatic rings. The third-order valence-electron chi connectivity index (χ3n) is 3.02. The number of hydrogen-bond donors (Lipinski definition) is 2. The van der Waals surface area contributed by atoms with Crippen molar-refractivity contribution in [2.24, 2.45) is 5.73 Å². The molecule has 24 heavy (non-hydrogen) atoms. The number of primary amides is 1. The molecule has 126 valence electrons. The lowest BCUT2D eigenvalue weighted by atomic mass is 10.2. The summed E-state index contributed by atoms with van der Waals surface area (Å²) in [5, 5.41) is 2.52. The highest BCUT2D eigenvalue weighted by Gasteiger charge is 2.08. The first kappa shape index (κ1) is 17.3. The van der Waals surface area contributed by atoms with E-state index in [2.05, 4.69) is 5.32 Å². The molecule has 0 aromatic heterocycles. The Morgan fingerprint density at radius 2 is 1.83 bits per heavy atom. The number of nitrogens with one attached hydrogen (secondary N) is 1. The van der Waals surface area contributed by atoms with Gasteiger partial charge in [-0.05, 0) is 43.3 Å². The van der Waals surface area contributed by atoms with E-state index >= 15 is 0 Å².